The van der Waals surface area contributed by atoms with Gasteiger partial charge in [-0.15, -0.1) is 0 Å². The van der Waals surface area contributed by atoms with Crippen LogP contribution in [0.15, 0.2) is 42.5 Å². The van der Waals surface area contributed by atoms with Crippen molar-refractivity contribution in [2.24, 2.45) is 0 Å². The zero-order valence-electron chi connectivity index (χ0n) is 8.47. The Morgan fingerprint density at radius 1 is 1.19 bits per heavy atom. The molecule has 2 aromatic rings. The minimum atomic E-state index is 0.482. The molecule has 2 rings (SSSR count). The molecule has 0 saturated heterocycles. The molecular formula is C13H9N2O. The molecular weight excluding hydrogens is 200 g/mol. The normalized spacial score (nSPS) is 9.44. The van der Waals surface area contributed by atoms with Crippen molar-refractivity contribution in [1.82, 2.24) is 0 Å². The van der Waals surface area contributed by atoms with Crippen molar-refractivity contribution in [3.63, 3.8) is 0 Å². The van der Waals surface area contributed by atoms with Gasteiger partial charge in [-0.25, -0.2) is 0 Å². The Balaban J connectivity index is 2.27. The van der Waals surface area contributed by atoms with E-state index < -0.39 is 0 Å². The molecule has 3 nitrogen and oxygen atoms in total. The molecule has 0 amide bonds. The van der Waals surface area contributed by atoms with Gasteiger partial charge < -0.3 is 10.5 Å². The molecule has 16 heavy (non-hydrogen) atoms. The predicted octanol–water partition coefficient (Wildman–Crippen LogP) is 2.73. The average Bonchev–Trinajstić information content (AvgIpc) is 2.33. The van der Waals surface area contributed by atoms with Gasteiger partial charge in [0.2, 0.25) is 0 Å². The second-order valence-electron chi connectivity index (χ2n) is 3.21. The Morgan fingerprint density at radius 3 is 2.62 bits per heavy atom. The molecule has 0 saturated carbocycles. The van der Waals surface area contributed by atoms with Crippen LogP contribution in [0.2, 0.25) is 0 Å². The summed E-state index contributed by atoms with van der Waals surface area (Å²) in [6.07, 6.45) is 0. The number of nitrogen functional groups attached to an aromatic ring is 1. The number of ether oxygens (including phenoxy) is 1. The van der Waals surface area contributed by atoms with E-state index in [1.807, 2.05) is 0 Å². The van der Waals surface area contributed by atoms with Gasteiger partial charge in [0.1, 0.15) is 17.6 Å². The van der Waals surface area contributed by atoms with Gasteiger partial charge >= 0.3 is 0 Å². The zero-order valence-corrected chi connectivity index (χ0v) is 8.47. The predicted molar refractivity (Wildman–Crippen MR) is 60.9 cm³/mol. The van der Waals surface area contributed by atoms with E-state index in [4.69, 9.17) is 15.7 Å². The maximum Gasteiger partial charge on any atom is 0.145 e. The number of nitrogens with two attached hydrogens (primary N) is 1. The molecule has 3 heteroatoms. The smallest absolute Gasteiger partial charge is 0.145 e. The molecule has 0 bridgehead atoms. The maximum absolute atomic E-state index is 8.88. The van der Waals surface area contributed by atoms with E-state index in [-0.39, 0.29) is 0 Å². The highest BCUT2D eigenvalue weighted by Gasteiger charge is 2.02. The van der Waals surface area contributed by atoms with Gasteiger partial charge in [-0.1, -0.05) is 6.07 Å². The van der Waals surface area contributed by atoms with Crippen molar-refractivity contribution >= 4 is 5.69 Å². The molecule has 0 heterocycles. The van der Waals surface area contributed by atoms with E-state index in [1.54, 1.807) is 42.5 Å². The Morgan fingerprint density at radius 2 is 1.94 bits per heavy atom. The lowest BCUT2D eigenvalue weighted by atomic mass is 10.2. The quantitative estimate of drug-likeness (QED) is 0.773. The van der Waals surface area contributed by atoms with Crippen LogP contribution in [0.25, 0.3) is 0 Å². The monoisotopic (exact) mass is 209 g/mol. The topological polar surface area (TPSA) is 59.0 Å². The Bertz CT molecular complexity index is 526. The van der Waals surface area contributed by atoms with Crippen LogP contribution in [0, 0.1) is 17.4 Å². The first-order valence-electron chi connectivity index (χ1n) is 4.73. The standard InChI is InChI=1S/C13H9N2O/c14-9-10-3-1-2-4-13(10)16-12-7-5-11(15)6-8-12/h1,3-8H,15H2. The Labute approximate surface area is 93.7 Å². The molecule has 0 unspecified atom stereocenters. The van der Waals surface area contributed by atoms with Gasteiger partial charge in [-0.3, -0.25) is 0 Å². The largest absolute Gasteiger partial charge is 0.456 e. The lowest BCUT2D eigenvalue weighted by molar-refractivity contribution is 0.481. The fraction of sp³-hybridized carbons (Fsp3) is 0. The van der Waals surface area contributed by atoms with Crippen molar-refractivity contribution in [3.8, 4) is 17.6 Å². The summed E-state index contributed by atoms with van der Waals surface area (Å²) in [5.74, 6) is 1.14. The minimum Gasteiger partial charge on any atom is -0.456 e. The van der Waals surface area contributed by atoms with Gasteiger partial charge in [0.15, 0.2) is 0 Å². The number of benzene rings is 2. The fourth-order valence-corrected chi connectivity index (χ4v) is 1.25. The van der Waals surface area contributed by atoms with E-state index in [0.29, 0.717) is 22.7 Å². The van der Waals surface area contributed by atoms with E-state index in [0.717, 1.165) is 0 Å². The van der Waals surface area contributed by atoms with Crippen molar-refractivity contribution in [2.45, 2.75) is 0 Å². The van der Waals surface area contributed by atoms with Crippen LogP contribution >= 0.6 is 0 Å². The summed E-state index contributed by atoms with van der Waals surface area (Å²) >= 11 is 0. The van der Waals surface area contributed by atoms with E-state index in [1.165, 1.54) is 0 Å². The van der Waals surface area contributed by atoms with Crippen LogP contribution in [0.5, 0.6) is 11.5 Å². The van der Waals surface area contributed by atoms with Gasteiger partial charge in [-0.05, 0) is 42.5 Å². The lowest BCUT2D eigenvalue weighted by Crippen LogP contribution is -1.89. The van der Waals surface area contributed by atoms with E-state index in [9.17, 15) is 0 Å². The first kappa shape index (κ1) is 10.1. The summed E-state index contributed by atoms with van der Waals surface area (Å²) < 4.78 is 5.55. The highest BCUT2D eigenvalue weighted by molar-refractivity contribution is 5.47. The molecule has 2 N–H and O–H groups in total. The summed E-state index contributed by atoms with van der Waals surface area (Å²) in [6, 6.07) is 16.9. The summed E-state index contributed by atoms with van der Waals surface area (Å²) in [5.41, 5.74) is 6.72. The molecule has 0 fully saturated rings. The maximum atomic E-state index is 8.88. The fourth-order valence-electron chi connectivity index (χ4n) is 1.25. The average molecular weight is 209 g/mol. The van der Waals surface area contributed by atoms with Crippen molar-refractivity contribution in [3.05, 3.63) is 54.1 Å². The van der Waals surface area contributed by atoms with E-state index in [2.05, 4.69) is 12.1 Å². The highest BCUT2D eigenvalue weighted by Crippen LogP contribution is 2.24. The Hall–Kier alpha value is -2.47. The second kappa shape index (κ2) is 4.37. The number of rotatable bonds is 2. The summed E-state index contributed by atoms with van der Waals surface area (Å²) in [5, 5.41) is 8.88. The van der Waals surface area contributed by atoms with Gasteiger partial charge in [0, 0.05) is 5.69 Å². The molecule has 0 aliphatic carbocycles. The van der Waals surface area contributed by atoms with Crippen molar-refractivity contribution < 1.29 is 4.74 Å². The van der Waals surface area contributed by atoms with Crippen LogP contribution in [0.4, 0.5) is 5.69 Å². The zero-order chi connectivity index (χ0) is 11.4. The summed E-state index contributed by atoms with van der Waals surface area (Å²) in [4.78, 5) is 0. The molecule has 0 aliphatic heterocycles. The number of hydrogen-bond acceptors (Lipinski definition) is 3. The summed E-state index contributed by atoms with van der Waals surface area (Å²) in [7, 11) is 0. The number of anilines is 1. The van der Waals surface area contributed by atoms with E-state index >= 15 is 0 Å². The van der Waals surface area contributed by atoms with Gasteiger partial charge in [0.25, 0.3) is 0 Å². The van der Waals surface area contributed by atoms with Crippen LogP contribution < -0.4 is 10.5 Å². The third-order valence-electron chi connectivity index (χ3n) is 2.05. The third-order valence-corrected chi connectivity index (χ3v) is 2.05. The lowest BCUT2D eigenvalue weighted by Gasteiger charge is -2.06. The highest BCUT2D eigenvalue weighted by atomic mass is 16.5. The molecule has 0 aromatic heterocycles. The molecule has 0 aliphatic rings. The molecule has 1 radical (unpaired) electrons. The van der Waals surface area contributed by atoms with Crippen LogP contribution in [-0.4, -0.2) is 0 Å². The third kappa shape index (κ3) is 2.12. The van der Waals surface area contributed by atoms with Crippen molar-refractivity contribution in [1.29, 1.82) is 5.26 Å². The minimum absolute atomic E-state index is 0.482. The number of nitrogens with zero attached hydrogens (tertiary/aromatic N) is 1. The van der Waals surface area contributed by atoms with Crippen LogP contribution in [0.1, 0.15) is 5.56 Å². The van der Waals surface area contributed by atoms with Crippen molar-refractivity contribution in [2.75, 3.05) is 5.73 Å². The molecule has 0 atom stereocenters. The first-order valence-corrected chi connectivity index (χ1v) is 4.73. The van der Waals surface area contributed by atoms with Gasteiger partial charge in [-0.2, -0.15) is 5.26 Å². The molecule has 2 aromatic carbocycles. The summed E-state index contributed by atoms with van der Waals surface area (Å²) in [6.45, 7) is 0. The SMILES string of the molecule is N#Cc1cc[c]cc1Oc1ccc(N)cc1. The van der Waals surface area contributed by atoms with Gasteiger partial charge in [0.05, 0.1) is 5.56 Å². The molecule has 0 spiro atoms. The second-order valence-corrected chi connectivity index (χ2v) is 3.21. The Kier molecular flexibility index (Phi) is 2.75. The number of hydrogen-bond donors (Lipinski definition) is 1. The first-order chi connectivity index (χ1) is 7.79. The number of nitriles is 1. The van der Waals surface area contributed by atoms with Crippen LogP contribution in [-0.2, 0) is 0 Å². The molecule has 77 valence electrons. The van der Waals surface area contributed by atoms with Crippen LogP contribution in [0.3, 0.4) is 0 Å².